The predicted octanol–water partition coefficient (Wildman–Crippen LogP) is 3.75. The maximum absolute atomic E-state index is 13.7. The average molecular weight is 262 g/mol. The van der Waals surface area contributed by atoms with E-state index in [1.807, 2.05) is 6.07 Å². The smallest absolute Gasteiger partial charge is 0.152 e. The Morgan fingerprint density at radius 1 is 1.26 bits per heavy atom. The van der Waals surface area contributed by atoms with Crippen LogP contribution in [0.5, 0.6) is 0 Å². The van der Waals surface area contributed by atoms with Gasteiger partial charge >= 0.3 is 0 Å². The quantitative estimate of drug-likeness (QED) is 0.778. The summed E-state index contributed by atoms with van der Waals surface area (Å²) in [5.41, 5.74) is 1.35. The van der Waals surface area contributed by atoms with Crippen LogP contribution >= 0.6 is 0 Å². The maximum Gasteiger partial charge on any atom is 0.152 e. The highest BCUT2D eigenvalue weighted by atomic mass is 19.1. The molecule has 1 aromatic heterocycles. The first-order chi connectivity index (χ1) is 8.96. The Kier molecular flexibility index (Phi) is 2.69. The Morgan fingerprint density at radius 2 is 2.05 bits per heavy atom. The number of nitrogens with zero attached hydrogens (tertiary/aromatic N) is 2. The fraction of sp³-hybridized carbons (Fsp3) is 0.400. The summed E-state index contributed by atoms with van der Waals surface area (Å²) < 4.78 is 27.2. The summed E-state index contributed by atoms with van der Waals surface area (Å²) in [4.78, 5) is 6.21. The van der Waals surface area contributed by atoms with Gasteiger partial charge in [0, 0.05) is 36.4 Å². The van der Waals surface area contributed by atoms with Crippen molar-refractivity contribution in [3.05, 3.63) is 36.0 Å². The van der Waals surface area contributed by atoms with Crippen molar-refractivity contribution in [3.63, 3.8) is 0 Å². The van der Waals surface area contributed by atoms with Crippen LogP contribution in [-0.4, -0.2) is 18.1 Å². The van der Waals surface area contributed by atoms with Gasteiger partial charge in [-0.3, -0.25) is 4.98 Å². The molecule has 0 spiro atoms. The minimum atomic E-state index is -0.602. The molecule has 4 heteroatoms. The van der Waals surface area contributed by atoms with Crippen molar-refractivity contribution in [2.24, 2.45) is 5.41 Å². The van der Waals surface area contributed by atoms with Crippen molar-refractivity contribution >= 4 is 16.6 Å². The third-order valence-electron chi connectivity index (χ3n) is 3.76. The van der Waals surface area contributed by atoms with E-state index >= 15 is 0 Å². The summed E-state index contributed by atoms with van der Waals surface area (Å²) in [5, 5.41) is 0.553. The number of anilines is 1. The molecule has 3 rings (SSSR count). The van der Waals surface area contributed by atoms with E-state index in [0.29, 0.717) is 5.39 Å². The number of aromatic nitrogens is 1. The largest absolute Gasteiger partial charge is 0.370 e. The lowest BCUT2D eigenvalue weighted by Gasteiger charge is -2.23. The third-order valence-corrected chi connectivity index (χ3v) is 3.76. The fourth-order valence-corrected chi connectivity index (χ4v) is 2.76. The molecule has 1 aliphatic heterocycles. The summed E-state index contributed by atoms with van der Waals surface area (Å²) in [6.45, 7) is 6.21. The summed E-state index contributed by atoms with van der Waals surface area (Å²) in [6.07, 6.45) is 2.67. The summed E-state index contributed by atoms with van der Waals surface area (Å²) in [6, 6.07) is 4.09. The molecule has 1 aliphatic rings. The van der Waals surface area contributed by atoms with E-state index in [4.69, 9.17) is 0 Å². The number of benzene rings is 1. The molecule has 2 aromatic rings. The number of pyridine rings is 1. The molecule has 1 saturated heterocycles. The van der Waals surface area contributed by atoms with Crippen molar-refractivity contribution in [2.75, 3.05) is 18.0 Å². The lowest BCUT2D eigenvalue weighted by Crippen LogP contribution is -2.23. The lowest BCUT2D eigenvalue weighted by molar-refractivity contribution is 0.418. The van der Waals surface area contributed by atoms with Crippen LogP contribution in [0.1, 0.15) is 20.3 Å². The van der Waals surface area contributed by atoms with E-state index in [0.717, 1.165) is 31.3 Å². The normalized spacial score (nSPS) is 18.2. The molecule has 2 heterocycles. The molecule has 0 unspecified atom stereocenters. The third kappa shape index (κ3) is 2.15. The molecular formula is C15H16F2N2. The molecule has 2 nitrogen and oxygen atoms in total. The molecule has 0 saturated carbocycles. The Labute approximate surface area is 111 Å². The molecule has 100 valence electrons. The van der Waals surface area contributed by atoms with Gasteiger partial charge in [0.25, 0.3) is 0 Å². The Bertz CT molecular complexity index is 637. The van der Waals surface area contributed by atoms with Gasteiger partial charge in [-0.05, 0) is 24.0 Å². The second-order valence-electron chi connectivity index (χ2n) is 5.95. The topological polar surface area (TPSA) is 16.1 Å². The zero-order valence-corrected chi connectivity index (χ0v) is 11.1. The van der Waals surface area contributed by atoms with Crippen LogP contribution in [-0.2, 0) is 0 Å². The first kappa shape index (κ1) is 12.3. The Balaban J connectivity index is 2.14. The number of hydrogen-bond donors (Lipinski definition) is 0. The lowest BCUT2D eigenvalue weighted by atomic mass is 9.93. The van der Waals surface area contributed by atoms with Gasteiger partial charge in [-0.1, -0.05) is 13.8 Å². The second-order valence-corrected chi connectivity index (χ2v) is 5.95. The summed E-state index contributed by atoms with van der Waals surface area (Å²) >= 11 is 0. The molecule has 0 radical (unpaired) electrons. The Morgan fingerprint density at radius 3 is 2.74 bits per heavy atom. The van der Waals surface area contributed by atoms with Crippen molar-refractivity contribution in [1.82, 2.24) is 4.98 Å². The number of rotatable bonds is 1. The molecule has 0 aliphatic carbocycles. The molecule has 1 aromatic carbocycles. The highest BCUT2D eigenvalue weighted by Gasteiger charge is 2.30. The first-order valence-electron chi connectivity index (χ1n) is 6.45. The van der Waals surface area contributed by atoms with E-state index in [1.165, 1.54) is 6.07 Å². The van der Waals surface area contributed by atoms with Gasteiger partial charge < -0.3 is 4.90 Å². The van der Waals surface area contributed by atoms with Crippen LogP contribution in [0.2, 0.25) is 0 Å². The summed E-state index contributed by atoms with van der Waals surface area (Å²) in [5.74, 6) is -1.16. The summed E-state index contributed by atoms with van der Waals surface area (Å²) in [7, 11) is 0. The fourth-order valence-electron chi connectivity index (χ4n) is 2.76. The van der Waals surface area contributed by atoms with Gasteiger partial charge in [-0.25, -0.2) is 8.78 Å². The van der Waals surface area contributed by atoms with E-state index in [2.05, 4.69) is 23.7 Å². The maximum atomic E-state index is 13.7. The highest BCUT2D eigenvalue weighted by Crippen LogP contribution is 2.36. The predicted molar refractivity (Wildman–Crippen MR) is 72.3 cm³/mol. The highest BCUT2D eigenvalue weighted by molar-refractivity contribution is 5.92. The van der Waals surface area contributed by atoms with Crippen molar-refractivity contribution in [3.8, 4) is 0 Å². The molecule has 1 fully saturated rings. The molecular weight excluding hydrogens is 246 g/mol. The van der Waals surface area contributed by atoms with E-state index in [1.54, 1.807) is 6.20 Å². The van der Waals surface area contributed by atoms with Crippen molar-refractivity contribution in [1.29, 1.82) is 0 Å². The monoisotopic (exact) mass is 262 g/mol. The molecule has 0 amide bonds. The first-order valence-corrected chi connectivity index (χ1v) is 6.45. The van der Waals surface area contributed by atoms with Gasteiger partial charge in [0.15, 0.2) is 5.82 Å². The number of hydrogen-bond acceptors (Lipinski definition) is 2. The van der Waals surface area contributed by atoms with Crippen LogP contribution in [0.25, 0.3) is 10.9 Å². The minimum Gasteiger partial charge on any atom is -0.370 e. The number of fused-ring (bicyclic) bond motifs is 1. The van der Waals surface area contributed by atoms with Crippen molar-refractivity contribution < 1.29 is 8.78 Å². The average Bonchev–Trinajstić information content (AvgIpc) is 2.69. The molecule has 0 N–H and O–H groups in total. The van der Waals surface area contributed by atoms with Crippen molar-refractivity contribution in [2.45, 2.75) is 20.3 Å². The molecule has 19 heavy (non-hydrogen) atoms. The van der Waals surface area contributed by atoms with E-state index < -0.39 is 11.6 Å². The Hall–Kier alpha value is -1.71. The van der Waals surface area contributed by atoms with Gasteiger partial charge in [-0.2, -0.15) is 0 Å². The van der Waals surface area contributed by atoms with Crippen LogP contribution < -0.4 is 4.90 Å². The van der Waals surface area contributed by atoms with Crippen LogP contribution in [0.15, 0.2) is 24.4 Å². The van der Waals surface area contributed by atoms with E-state index in [9.17, 15) is 8.78 Å². The SMILES string of the molecule is CC1(C)CCN(c2ccnc3c(F)cc(F)cc23)C1. The molecule has 0 atom stereocenters. The van der Waals surface area contributed by atoms with Crippen LogP contribution in [0, 0.1) is 17.0 Å². The van der Waals surface area contributed by atoms with Crippen LogP contribution in [0.4, 0.5) is 14.5 Å². The van der Waals surface area contributed by atoms with Gasteiger partial charge in [-0.15, -0.1) is 0 Å². The molecule has 0 bridgehead atoms. The number of halogens is 2. The van der Waals surface area contributed by atoms with Gasteiger partial charge in [0.2, 0.25) is 0 Å². The minimum absolute atomic E-state index is 0.238. The zero-order valence-electron chi connectivity index (χ0n) is 11.1. The van der Waals surface area contributed by atoms with Gasteiger partial charge in [0.05, 0.1) is 0 Å². The van der Waals surface area contributed by atoms with Crippen LogP contribution in [0.3, 0.4) is 0 Å². The second kappa shape index (κ2) is 4.15. The van der Waals surface area contributed by atoms with E-state index in [-0.39, 0.29) is 10.9 Å². The van der Waals surface area contributed by atoms with Gasteiger partial charge in [0.1, 0.15) is 11.3 Å². The standard InChI is InChI=1S/C15H16F2N2/c1-15(2)4-6-19(9-15)13-3-5-18-14-11(13)7-10(16)8-12(14)17/h3,5,7-8H,4,6,9H2,1-2H3. The zero-order chi connectivity index (χ0) is 13.6.